The van der Waals surface area contributed by atoms with Crippen molar-refractivity contribution >= 4 is 5.65 Å². The van der Waals surface area contributed by atoms with Gasteiger partial charge in [-0.3, -0.25) is 0 Å². The van der Waals surface area contributed by atoms with E-state index in [1.807, 2.05) is 53.2 Å². The molecule has 120 valence electrons. The van der Waals surface area contributed by atoms with Crippen LogP contribution >= 0.6 is 0 Å². The summed E-state index contributed by atoms with van der Waals surface area (Å²) in [6.07, 6.45) is 7.47. The number of benzene rings is 1. The van der Waals surface area contributed by atoms with Crippen LogP contribution in [0.2, 0.25) is 0 Å². The maximum absolute atomic E-state index is 5.90. The maximum atomic E-state index is 5.90. The third-order valence-electron chi connectivity index (χ3n) is 3.84. The van der Waals surface area contributed by atoms with Crippen molar-refractivity contribution in [3.8, 4) is 22.8 Å². The fourth-order valence-electron chi connectivity index (χ4n) is 2.53. The van der Waals surface area contributed by atoms with Gasteiger partial charge in [0.25, 0.3) is 0 Å². The van der Waals surface area contributed by atoms with Crippen molar-refractivity contribution in [1.82, 2.24) is 9.38 Å². The first-order valence-electron chi connectivity index (χ1n) is 8.06. The van der Waals surface area contributed by atoms with E-state index < -0.39 is 0 Å². The number of aromatic nitrogens is 2. The number of imidazole rings is 1. The monoisotopic (exact) mass is 310 g/mol. The molecule has 23 heavy (non-hydrogen) atoms. The fourth-order valence-corrected chi connectivity index (χ4v) is 2.53. The smallest absolute Gasteiger partial charge is 0.180 e. The Hall–Kier alpha value is -2.49. The molecule has 0 spiro atoms. The van der Waals surface area contributed by atoms with E-state index in [1.165, 1.54) is 12.8 Å². The fraction of sp³-hybridized carbons (Fsp3) is 0.316. The summed E-state index contributed by atoms with van der Waals surface area (Å²) in [4.78, 5) is 4.73. The predicted molar refractivity (Wildman–Crippen MR) is 92.2 cm³/mol. The van der Waals surface area contributed by atoms with Crippen molar-refractivity contribution in [3.63, 3.8) is 0 Å². The lowest BCUT2D eigenvalue weighted by molar-refractivity contribution is 0.308. The van der Waals surface area contributed by atoms with Gasteiger partial charge in [-0.15, -0.1) is 0 Å². The highest BCUT2D eigenvalue weighted by Crippen LogP contribution is 2.26. The van der Waals surface area contributed by atoms with Crippen LogP contribution in [0.1, 0.15) is 26.2 Å². The minimum absolute atomic E-state index is 0.734. The third-order valence-corrected chi connectivity index (χ3v) is 3.84. The molecular formula is C19H22N2O2. The molecule has 0 radical (unpaired) electrons. The molecule has 2 heterocycles. The molecule has 4 heteroatoms. The van der Waals surface area contributed by atoms with Gasteiger partial charge in [-0.2, -0.15) is 0 Å². The van der Waals surface area contributed by atoms with Crippen molar-refractivity contribution in [3.05, 3.63) is 48.8 Å². The molecule has 0 bridgehead atoms. The molecule has 0 atom stereocenters. The Morgan fingerprint density at radius 2 is 1.91 bits per heavy atom. The van der Waals surface area contributed by atoms with E-state index in [0.717, 1.165) is 41.4 Å². The molecule has 0 amide bonds. The molecule has 0 fully saturated rings. The summed E-state index contributed by atoms with van der Waals surface area (Å²) in [6, 6.07) is 11.9. The number of rotatable bonds is 7. The summed E-state index contributed by atoms with van der Waals surface area (Å²) in [5.74, 6) is 1.68. The summed E-state index contributed by atoms with van der Waals surface area (Å²) < 4.78 is 13.1. The number of nitrogens with zero attached hydrogens (tertiary/aromatic N) is 2. The van der Waals surface area contributed by atoms with Gasteiger partial charge < -0.3 is 13.9 Å². The van der Waals surface area contributed by atoms with Crippen LogP contribution in [0.25, 0.3) is 16.9 Å². The standard InChI is InChI=1S/C19H22N2O2/c1-3-4-5-13-23-18-7-6-12-21-14-17(20-19(18)21)15-8-10-16(22-2)11-9-15/h6-12,14H,3-5,13H2,1-2H3. The van der Waals surface area contributed by atoms with E-state index in [2.05, 4.69) is 6.92 Å². The molecule has 0 N–H and O–H groups in total. The molecule has 0 aliphatic heterocycles. The summed E-state index contributed by atoms with van der Waals surface area (Å²) in [6.45, 7) is 2.93. The van der Waals surface area contributed by atoms with Gasteiger partial charge in [0.2, 0.25) is 0 Å². The topological polar surface area (TPSA) is 35.8 Å². The van der Waals surface area contributed by atoms with Crippen molar-refractivity contribution in [2.24, 2.45) is 0 Å². The lowest BCUT2D eigenvalue weighted by atomic mass is 10.2. The van der Waals surface area contributed by atoms with Gasteiger partial charge in [-0.05, 0) is 42.8 Å². The minimum atomic E-state index is 0.734. The highest BCUT2D eigenvalue weighted by atomic mass is 16.5. The number of hydrogen-bond acceptors (Lipinski definition) is 3. The van der Waals surface area contributed by atoms with Gasteiger partial charge in [0, 0.05) is 18.0 Å². The van der Waals surface area contributed by atoms with Crippen LogP contribution in [0.15, 0.2) is 48.8 Å². The molecule has 3 aromatic rings. The van der Waals surface area contributed by atoms with Crippen molar-refractivity contribution < 1.29 is 9.47 Å². The lowest BCUT2D eigenvalue weighted by Gasteiger charge is -2.06. The second-order valence-corrected chi connectivity index (χ2v) is 5.51. The maximum Gasteiger partial charge on any atom is 0.180 e. The van der Waals surface area contributed by atoms with E-state index in [4.69, 9.17) is 14.5 Å². The molecule has 3 rings (SSSR count). The van der Waals surface area contributed by atoms with E-state index >= 15 is 0 Å². The lowest BCUT2D eigenvalue weighted by Crippen LogP contribution is -1.99. The predicted octanol–water partition coefficient (Wildman–Crippen LogP) is 4.58. The summed E-state index contributed by atoms with van der Waals surface area (Å²) in [5, 5.41) is 0. The quantitative estimate of drug-likeness (QED) is 0.599. The largest absolute Gasteiger partial charge is 0.497 e. The molecule has 0 aliphatic rings. The molecule has 1 aromatic carbocycles. The summed E-state index contributed by atoms with van der Waals surface area (Å²) in [5.41, 5.74) is 2.85. The molecule has 0 saturated carbocycles. The van der Waals surface area contributed by atoms with Crippen LogP contribution in [0.5, 0.6) is 11.5 Å². The zero-order valence-corrected chi connectivity index (χ0v) is 13.7. The number of pyridine rings is 1. The van der Waals surface area contributed by atoms with E-state index in [0.29, 0.717) is 0 Å². The number of methoxy groups -OCH3 is 1. The van der Waals surface area contributed by atoms with Crippen molar-refractivity contribution in [2.75, 3.05) is 13.7 Å². The minimum Gasteiger partial charge on any atom is -0.497 e. The van der Waals surface area contributed by atoms with Gasteiger partial charge >= 0.3 is 0 Å². The number of hydrogen-bond donors (Lipinski definition) is 0. The van der Waals surface area contributed by atoms with Crippen LogP contribution in [-0.4, -0.2) is 23.1 Å². The molecular weight excluding hydrogens is 288 g/mol. The van der Waals surface area contributed by atoms with E-state index in [1.54, 1.807) is 7.11 Å². The van der Waals surface area contributed by atoms with Crippen molar-refractivity contribution in [2.45, 2.75) is 26.2 Å². The zero-order chi connectivity index (χ0) is 16.1. The Kier molecular flexibility index (Phi) is 4.81. The normalized spacial score (nSPS) is 10.9. The average molecular weight is 310 g/mol. The number of fused-ring (bicyclic) bond motifs is 1. The Bertz CT molecular complexity index is 763. The second-order valence-electron chi connectivity index (χ2n) is 5.51. The number of unbranched alkanes of at least 4 members (excludes halogenated alkanes) is 2. The van der Waals surface area contributed by atoms with Gasteiger partial charge in [-0.1, -0.05) is 19.8 Å². The SMILES string of the molecule is CCCCCOc1cccn2cc(-c3ccc(OC)cc3)nc12. The van der Waals surface area contributed by atoms with E-state index in [-0.39, 0.29) is 0 Å². The van der Waals surface area contributed by atoms with Crippen molar-refractivity contribution in [1.29, 1.82) is 0 Å². The zero-order valence-electron chi connectivity index (χ0n) is 13.7. The Morgan fingerprint density at radius 1 is 1.09 bits per heavy atom. The molecule has 4 nitrogen and oxygen atoms in total. The highest BCUT2D eigenvalue weighted by molar-refractivity contribution is 5.66. The summed E-state index contributed by atoms with van der Waals surface area (Å²) in [7, 11) is 1.67. The Morgan fingerprint density at radius 3 is 2.65 bits per heavy atom. The first-order valence-corrected chi connectivity index (χ1v) is 8.06. The van der Waals surface area contributed by atoms with Crippen LogP contribution in [0.3, 0.4) is 0 Å². The van der Waals surface area contributed by atoms with Crippen LogP contribution < -0.4 is 9.47 Å². The van der Waals surface area contributed by atoms with Crippen LogP contribution in [0, 0.1) is 0 Å². The first-order chi connectivity index (χ1) is 11.3. The molecule has 2 aromatic heterocycles. The van der Waals surface area contributed by atoms with Gasteiger partial charge in [-0.25, -0.2) is 4.98 Å². The third kappa shape index (κ3) is 3.47. The average Bonchev–Trinajstić information content (AvgIpc) is 3.04. The molecule has 0 unspecified atom stereocenters. The molecule has 0 saturated heterocycles. The first kappa shape index (κ1) is 15.4. The number of ether oxygens (including phenoxy) is 2. The van der Waals surface area contributed by atoms with Gasteiger partial charge in [0.15, 0.2) is 11.4 Å². The Labute approximate surface area is 136 Å². The highest BCUT2D eigenvalue weighted by Gasteiger charge is 2.09. The van der Waals surface area contributed by atoms with Gasteiger partial charge in [0.1, 0.15) is 5.75 Å². The van der Waals surface area contributed by atoms with Crippen LogP contribution in [-0.2, 0) is 0 Å². The van der Waals surface area contributed by atoms with E-state index in [9.17, 15) is 0 Å². The molecule has 0 aliphatic carbocycles. The van der Waals surface area contributed by atoms with Crippen LogP contribution in [0.4, 0.5) is 0 Å². The second kappa shape index (κ2) is 7.18. The van der Waals surface area contributed by atoms with Gasteiger partial charge in [0.05, 0.1) is 19.4 Å². The Balaban J connectivity index is 1.85. The summed E-state index contributed by atoms with van der Waals surface area (Å²) >= 11 is 0.